The zero-order chi connectivity index (χ0) is 22.0. The number of aromatic nitrogens is 4. The Hall–Kier alpha value is -3.21. The fourth-order valence-electron chi connectivity index (χ4n) is 3.41. The maximum Gasteiger partial charge on any atom is 0.408 e. The monoisotopic (exact) mass is 434 g/mol. The third kappa shape index (κ3) is 4.93. The Morgan fingerprint density at radius 3 is 2.84 bits per heavy atom. The van der Waals surface area contributed by atoms with E-state index in [0.29, 0.717) is 43.9 Å². The van der Waals surface area contributed by atoms with Gasteiger partial charge in [-0.05, 0) is 37.1 Å². The number of halogens is 3. The maximum atomic E-state index is 13.2. The van der Waals surface area contributed by atoms with Crippen LogP contribution in [0.15, 0.2) is 30.6 Å². The first-order chi connectivity index (χ1) is 14.8. The summed E-state index contributed by atoms with van der Waals surface area (Å²) >= 11 is 0. The second-order valence-electron chi connectivity index (χ2n) is 7.31. The molecule has 0 atom stereocenters. The lowest BCUT2D eigenvalue weighted by Gasteiger charge is -2.19. The Bertz CT molecular complexity index is 1090. The van der Waals surface area contributed by atoms with Gasteiger partial charge in [0.05, 0.1) is 17.5 Å². The van der Waals surface area contributed by atoms with E-state index in [9.17, 15) is 18.0 Å². The number of aryl methyl sites for hydroxylation is 1. The van der Waals surface area contributed by atoms with Gasteiger partial charge in [0.2, 0.25) is 0 Å². The summed E-state index contributed by atoms with van der Waals surface area (Å²) in [6, 6.07) is 4.91. The number of anilines is 2. The lowest BCUT2D eigenvalue weighted by atomic mass is 10.2. The minimum Gasteiger partial charge on any atom is -0.380 e. The molecule has 11 heteroatoms. The average Bonchev–Trinajstić information content (AvgIpc) is 2.89. The molecule has 4 heterocycles. The Labute approximate surface area is 176 Å². The van der Waals surface area contributed by atoms with Crippen LogP contribution >= 0.6 is 0 Å². The lowest BCUT2D eigenvalue weighted by Crippen LogP contribution is -2.33. The van der Waals surface area contributed by atoms with Crippen molar-refractivity contribution in [3.05, 3.63) is 41.9 Å². The van der Waals surface area contributed by atoms with Gasteiger partial charge in [0.25, 0.3) is 5.91 Å². The molecule has 0 aliphatic carbocycles. The van der Waals surface area contributed by atoms with Crippen LogP contribution in [-0.4, -0.2) is 63.0 Å². The molecule has 1 aliphatic rings. The topological polar surface area (TPSA) is 85.2 Å². The van der Waals surface area contributed by atoms with Crippen molar-refractivity contribution in [2.24, 2.45) is 0 Å². The molecule has 1 aliphatic heterocycles. The number of fused-ring (bicyclic) bond motifs is 1. The summed E-state index contributed by atoms with van der Waals surface area (Å²) in [5, 5.41) is 7.40. The number of rotatable bonds is 4. The van der Waals surface area contributed by atoms with E-state index in [1.807, 2.05) is 6.92 Å². The second kappa shape index (κ2) is 8.50. The van der Waals surface area contributed by atoms with Crippen molar-refractivity contribution in [3.63, 3.8) is 0 Å². The molecule has 1 fully saturated rings. The van der Waals surface area contributed by atoms with Gasteiger partial charge in [-0.2, -0.15) is 18.3 Å². The van der Waals surface area contributed by atoms with Crippen LogP contribution in [-0.2, 0) is 11.3 Å². The summed E-state index contributed by atoms with van der Waals surface area (Å²) in [6.07, 6.45) is -0.827. The maximum absolute atomic E-state index is 13.2. The average molecular weight is 434 g/mol. The van der Waals surface area contributed by atoms with Crippen molar-refractivity contribution >= 4 is 28.4 Å². The molecule has 0 spiro atoms. The predicted molar refractivity (Wildman–Crippen MR) is 107 cm³/mol. The van der Waals surface area contributed by atoms with E-state index in [1.54, 1.807) is 23.2 Å². The fraction of sp³-hybridized carbons (Fsp3) is 0.400. The predicted octanol–water partition coefficient (Wildman–Crippen LogP) is 3.30. The zero-order valence-corrected chi connectivity index (χ0v) is 16.8. The van der Waals surface area contributed by atoms with Crippen molar-refractivity contribution < 1.29 is 22.7 Å². The molecule has 3 aromatic heterocycles. The van der Waals surface area contributed by atoms with Gasteiger partial charge in [-0.25, -0.2) is 4.98 Å². The molecular weight excluding hydrogens is 413 g/mol. The van der Waals surface area contributed by atoms with Gasteiger partial charge in [0.1, 0.15) is 18.1 Å². The quantitative estimate of drug-likeness (QED) is 0.678. The van der Waals surface area contributed by atoms with E-state index in [1.165, 1.54) is 12.3 Å². The highest BCUT2D eigenvalue weighted by atomic mass is 19.4. The highest BCUT2D eigenvalue weighted by molar-refractivity contribution is 5.98. The van der Waals surface area contributed by atoms with E-state index >= 15 is 0 Å². The third-order valence-electron chi connectivity index (χ3n) is 4.86. The molecule has 31 heavy (non-hydrogen) atoms. The van der Waals surface area contributed by atoms with Crippen molar-refractivity contribution in [1.82, 2.24) is 24.6 Å². The number of carbonyl (C=O) groups is 1. The van der Waals surface area contributed by atoms with Crippen LogP contribution in [0.5, 0.6) is 0 Å². The van der Waals surface area contributed by atoms with Crippen LogP contribution in [0.4, 0.5) is 24.8 Å². The number of pyridine rings is 2. The van der Waals surface area contributed by atoms with E-state index in [4.69, 9.17) is 4.74 Å². The molecule has 164 valence electrons. The van der Waals surface area contributed by atoms with E-state index in [0.717, 1.165) is 10.2 Å². The molecule has 0 bridgehead atoms. The smallest absolute Gasteiger partial charge is 0.380 e. The summed E-state index contributed by atoms with van der Waals surface area (Å²) in [5.41, 5.74) is 1.17. The van der Waals surface area contributed by atoms with Crippen LogP contribution in [0.2, 0.25) is 0 Å². The minimum atomic E-state index is -4.48. The molecule has 8 nitrogen and oxygen atoms in total. The van der Waals surface area contributed by atoms with Gasteiger partial charge >= 0.3 is 6.18 Å². The Morgan fingerprint density at radius 2 is 2.06 bits per heavy atom. The standard InChI is InChI=1S/C20H21F3N6O2/c1-13-3-4-24-17(9-13)26-18-14-11-25-15(19(30)28-5-2-7-31-8-6-28)10-16(14)29(27-18)12-20(21,22)23/h3-4,9-11H,2,5-8,12H2,1H3,(H,24,26,27). The number of hydrogen-bond donors (Lipinski definition) is 1. The molecule has 0 aromatic carbocycles. The van der Waals surface area contributed by atoms with Gasteiger partial charge in [0, 0.05) is 32.1 Å². The first-order valence-electron chi connectivity index (χ1n) is 9.80. The van der Waals surface area contributed by atoms with E-state index < -0.39 is 12.7 Å². The normalized spacial score (nSPS) is 15.2. The Kier molecular flexibility index (Phi) is 5.77. The molecule has 1 N–H and O–H groups in total. The first kappa shape index (κ1) is 21.0. The molecule has 0 unspecified atom stereocenters. The molecule has 1 amide bonds. The second-order valence-corrected chi connectivity index (χ2v) is 7.31. The summed E-state index contributed by atoms with van der Waals surface area (Å²) in [5.74, 6) is 0.289. The summed E-state index contributed by atoms with van der Waals surface area (Å²) in [6.45, 7) is 2.48. The van der Waals surface area contributed by atoms with Crippen LogP contribution in [0.3, 0.4) is 0 Å². The number of amides is 1. The van der Waals surface area contributed by atoms with Crippen molar-refractivity contribution in [3.8, 4) is 0 Å². The molecule has 0 saturated carbocycles. The number of nitrogens with zero attached hydrogens (tertiary/aromatic N) is 5. The van der Waals surface area contributed by atoms with E-state index in [-0.39, 0.29) is 22.9 Å². The lowest BCUT2D eigenvalue weighted by molar-refractivity contribution is -0.141. The number of alkyl halides is 3. The van der Waals surface area contributed by atoms with Gasteiger partial charge in [0.15, 0.2) is 5.82 Å². The highest BCUT2D eigenvalue weighted by Gasteiger charge is 2.30. The van der Waals surface area contributed by atoms with Gasteiger partial charge in [-0.15, -0.1) is 0 Å². The van der Waals surface area contributed by atoms with Crippen LogP contribution in [0.1, 0.15) is 22.5 Å². The summed E-state index contributed by atoms with van der Waals surface area (Å²) in [7, 11) is 0. The number of ether oxygens (including phenoxy) is 1. The number of carbonyl (C=O) groups excluding carboxylic acids is 1. The molecule has 1 saturated heterocycles. The highest BCUT2D eigenvalue weighted by Crippen LogP contribution is 2.28. The van der Waals surface area contributed by atoms with Crippen LogP contribution in [0.25, 0.3) is 10.9 Å². The number of nitrogens with one attached hydrogen (secondary N) is 1. The van der Waals surface area contributed by atoms with Crippen LogP contribution in [0, 0.1) is 6.92 Å². The van der Waals surface area contributed by atoms with Crippen molar-refractivity contribution in [1.29, 1.82) is 0 Å². The number of hydrogen-bond acceptors (Lipinski definition) is 6. The fourth-order valence-corrected chi connectivity index (χ4v) is 3.41. The SMILES string of the molecule is Cc1ccnc(Nc2nn(CC(F)(F)F)c3cc(C(=O)N4CCCOCC4)ncc23)c1. The molecular formula is C20H21F3N6O2. The largest absolute Gasteiger partial charge is 0.408 e. The Balaban J connectivity index is 1.72. The minimum absolute atomic E-state index is 0.0676. The molecule has 0 radical (unpaired) electrons. The third-order valence-corrected chi connectivity index (χ3v) is 4.86. The summed E-state index contributed by atoms with van der Waals surface area (Å²) in [4.78, 5) is 22.8. The summed E-state index contributed by atoms with van der Waals surface area (Å²) < 4.78 is 45.7. The van der Waals surface area contributed by atoms with Gasteiger partial charge in [-0.1, -0.05) is 0 Å². The van der Waals surface area contributed by atoms with Gasteiger partial charge in [-0.3, -0.25) is 14.5 Å². The van der Waals surface area contributed by atoms with E-state index in [2.05, 4.69) is 20.4 Å². The van der Waals surface area contributed by atoms with Crippen molar-refractivity contribution in [2.45, 2.75) is 26.1 Å². The zero-order valence-electron chi connectivity index (χ0n) is 16.8. The van der Waals surface area contributed by atoms with Crippen LogP contribution < -0.4 is 5.32 Å². The molecule has 4 rings (SSSR count). The Morgan fingerprint density at radius 1 is 1.23 bits per heavy atom. The van der Waals surface area contributed by atoms with Crippen molar-refractivity contribution in [2.75, 3.05) is 31.6 Å². The first-order valence-corrected chi connectivity index (χ1v) is 9.80. The molecule has 3 aromatic rings. The van der Waals surface area contributed by atoms with Gasteiger partial charge < -0.3 is 15.0 Å².